The minimum absolute atomic E-state index is 0.0136. The van der Waals surface area contributed by atoms with E-state index in [-0.39, 0.29) is 5.91 Å². The lowest BCUT2D eigenvalue weighted by Crippen LogP contribution is -2.28. The third kappa shape index (κ3) is 3.14. The van der Waals surface area contributed by atoms with Crippen LogP contribution in [0.25, 0.3) is 0 Å². The molecule has 21 heavy (non-hydrogen) atoms. The van der Waals surface area contributed by atoms with E-state index in [1.165, 1.54) is 5.56 Å². The van der Waals surface area contributed by atoms with Crippen molar-refractivity contribution in [2.45, 2.75) is 12.3 Å². The summed E-state index contributed by atoms with van der Waals surface area (Å²) in [7, 11) is 0. The zero-order valence-corrected chi connectivity index (χ0v) is 13.8. The Morgan fingerprint density at radius 1 is 1.19 bits per heavy atom. The van der Waals surface area contributed by atoms with Gasteiger partial charge >= 0.3 is 0 Å². The molecule has 1 atom stereocenters. The summed E-state index contributed by atoms with van der Waals surface area (Å²) >= 11 is 9.55. The molecule has 1 aliphatic heterocycles. The van der Waals surface area contributed by atoms with Crippen molar-refractivity contribution in [2.24, 2.45) is 0 Å². The van der Waals surface area contributed by atoms with Crippen molar-refractivity contribution >= 4 is 33.4 Å². The maximum Gasteiger partial charge on any atom is 0.255 e. The normalized spacial score (nSPS) is 18.0. The van der Waals surface area contributed by atoms with Crippen LogP contribution in [0, 0.1) is 0 Å². The molecule has 0 saturated carbocycles. The number of hydrogen-bond acceptors (Lipinski definition) is 1. The van der Waals surface area contributed by atoms with Gasteiger partial charge in [0.25, 0.3) is 5.91 Å². The van der Waals surface area contributed by atoms with Gasteiger partial charge in [-0.25, -0.2) is 0 Å². The molecule has 0 aromatic heterocycles. The number of nitrogens with zero attached hydrogens (tertiary/aromatic N) is 1. The van der Waals surface area contributed by atoms with Crippen LogP contribution in [0.15, 0.2) is 53.0 Å². The fourth-order valence-corrected chi connectivity index (χ4v) is 3.33. The molecular weight excluding hydrogens is 350 g/mol. The molecule has 1 heterocycles. The Hall–Kier alpha value is -1.32. The lowest BCUT2D eigenvalue weighted by molar-refractivity contribution is 0.0791. The van der Waals surface area contributed by atoms with Gasteiger partial charge in [0.15, 0.2) is 0 Å². The van der Waals surface area contributed by atoms with Crippen LogP contribution in [0.3, 0.4) is 0 Å². The molecule has 0 bridgehead atoms. The Balaban J connectivity index is 1.77. The molecule has 1 saturated heterocycles. The number of rotatable bonds is 2. The predicted molar refractivity (Wildman–Crippen MR) is 88.9 cm³/mol. The maximum absolute atomic E-state index is 12.6. The van der Waals surface area contributed by atoms with Gasteiger partial charge in [0.1, 0.15) is 0 Å². The van der Waals surface area contributed by atoms with E-state index < -0.39 is 0 Å². The molecule has 1 fully saturated rings. The molecule has 0 radical (unpaired) electrons. The van der Waals surface area contributed by atoms with Gasteiger partial charge in [0.2, 0.25) is 0 Å². The first-order valence-electron chi connectivity index (χ1n) is 6.94. The fraction of sp³-hybridized carbons (Fsp3) is 0.235. The average molecular weight is 365 g/mol. The predicted octanol–water partition coefficient (Wildman–Crippen LogP) is 4.73. The molecule has 2 aromatic rings. The lowest BCUT2D eigenvalue weighted by atomic mass is 9.99. The van der Waals surface area contributed by atoms with Gasteiger partial charge in [0.05, 0.1) is 10.6 Å². The molecular formula is C17H15BrClNO. The second-order valence-corrected chi connectivity index (χ2v) is 6.59. The van der Waals surface area contributed by atoms with Crippen molar-refractivity contribution < 1.29 is 4.79 Å². The molecule has 2 aromatic carbocycles. The smallest absolute Gasteiger partial charge is 0.255 e. The number of halogens is 2. The monoisotopic (exact) mass is 363 g/mol. The molecule has 0 spiro atoms. The van der Waals surface area contributed by atoms with Crippen LogP contribution >= 0.6 is 27.5 Å². The van der Waals surface area contributed by atoms with Crippen LogP contribution in [0.5, 0.6) is 0 Å². The largest absolute Gasteiger partial charge is 0.338 e. The van der Waals surface area contributed by atoms with E-state index in [1.807, 2.05) is 29.2 Å². The third-order valence-electron chi connectivity index (χ3n) is 3.91. The maximum atomic E-state index is 12.6. The molecule has 0 unspecified atom stereocenters. The summed E-state index contributed by atoms with van der Waals surface area (Å²) in [5.74, 6) is 0.431. The van der Waals surface area contributed by atoms with Gasteiger partial charge in [-0.05, 0) is 30.2 Å². The lowest BCUT2D eigenvalue weighted by Gasteiger charge is -2.17. The van der Waals surface area contributed by atoms with Crippen molar-refractivity contribution in [3.05, 3.63) is 69.2 Å². The van der Waals surface area contributed by atoms with Crippen LogP contribution in [-0.2, 0) is 0 Å². The number of likely N-dealkylation sites (tertiary alicyclic amines) is 1. The Labute approximate surface area is 137 Å². The number of benzene rings is 2. The SMILES string of the molecule is O=C(c1cc(Br)ccc1Cl)N1CC[C@H](c2ccccc2)C1. The Kier molecular flexibility index (Phi) is 4.32. The van der Waals surface area contributed by atoms with Crippen molar-refractivity contribution in [1.82, 2.24) is 4.90 Å². The molecule has 2 nitrogen and oxygen atoms in total. The Morgan fingerprint density at radius 2 is 1.95 bits per heavy atom. The van der Waals surface area contributed by atoms with E-state index in [0.29, 0.717) is 16.5 Å². The van der Waals surface area contributed by atoms with Crippen molar-refractivity contribution in [2.75, 3.05) is 13.1 Å². The highest BCUT2D eigenvalue weighted by Crippen LogP contribution is 2.30. The number of amides is 1. The van der Waals surface area contributed by atoms with Crippen molar-refractivity contribution in [1.29, 1.82) is 0 Å². The molecule has 4 heteroatoms. The van der Waals surface area contributed by atoms with Crippen LogP contribution in [0.1, 0.15) is 28.3 Å². The van der Waals surface area contributed by atoms with Crippen LogP contribution < -0.4 is 0 Å². The number of carbonyl (C=O) groups is 1. The first kappa shape index (κ1) is 14.6. The second kappa shape index (κ2) is 6.20. The van der Waals surface area contributed by atoms with Gasteiger partial charge in [-0.2, -0.15) is 0 Å². The molecule has 1 aliphatic rings. The minimum Gasteiger partial charge on any atom is -0.338 e. The molecule has 1 amide bonds. The van der Waals surface area contributed by atoms with E-state index in [0.717, 1.165) is 24.0 Å². The summed E-state index contributed by atoms with van der Waals surface area (Å²) in [6.07, 6.45) is 1.00. The number of hydrogen-bond donors (Lipinski definition) is 0. The van der Waals surface area contributed by atoms with Gasteiger partial charge < -0.3 is 4.90 Å². The average Bonchev–Trinajstić information content (AvgIpc) is 3.00. The van der Waals surface area contributed by atoms with Crippen LogP contribution in [-0.4, -0.2) is 23.9 Å². The van der Waals surface area contributed by atoms with E-state index in [2.05, 4.69) is 28.1 Å². The van der Waals surface area contributed by atoms with E-state index in [4.69, 9.17) is 11.6 Å². The van der Waals surface area contributed by atoms with Gasteiger partial charge in [-0.3, -0.25) is 4.79 Å². The number of carbonyl (C=O) groups excluding carboxylic acids is 1. The summed E-state index contributed by atoms with van der Waals surface area (Å²) in [6.45, 7) is 1.53. The standard InChI is InChI=1S/C17H15BrClNO/c18-14-6-7-16(19)15(10-14)17(21)20-9-8-13(11-20)12-4-2-1-3-5-12/h1-7,10,13H,8-9,11H2/t13-/m0/s1. The van der Waals surface area contributed by atoms with Gasteiger partial charge in [0, 0.05) is 23.5 Å². The highest BCUT2D eigenvalue weighted by Gasteiger charge is 2.28. The summed E-state index contributed by atoms with van der Waals surface area (Å²) < 4.78 is 0.869. The Bertz CT molecular complexity index is 659. The summed E-state index contributed by atoms with van der Waals surface area (Å²) in [6, 6.07) is 15.8. The summed E-state index contributed by atoms with van der Waals surface area (Å²) in [5, 5.41) is 0.506. The zero-order chi connectivity index (χ0) is 14.8. The van der Waals surface area contributed by atoms with Gasteiger partial charge in [-0.15, -0.1) is 0 Å². The highest BCUT2D eigenvalue weighted by molar-refractivity contribution is 9.10. The zero-order valence-electron chi connectivity index (χ0n) is 11.4. The van der Waals surface area contributed by atoms with Gasteiger partial charge in [-0.1, -0.05) is 57.9 Å². The molecule has 0 aliphatic carbocycles. The minimum atomic E-state index is 0.0136. The van der Waals surface area contributed by atoms with E-state index >= 15 is 0 Å². The van der Waals surface area contributed by atoms with Crippen molar-refractivity contribution in [3.8, 4) is 0 Å². The van der Waals surface area contributed by atoms with E-state index in [1.54, 1.807) is 12.1 Å². The van der Waals surface area contributed by atoms with Crippen molar-refractivity contribution in [3.63, 3.8) is 0 Å². The first-order chi connectivity index (χ1) is 10.1. The highest BCUT2D eigenvalue weighted by atomic mass is 79.9. The molecule has 108 valence electrons. The third-order valence-corrected chi connectivity index (χ3v) is 4.73. The Morgan fingerprint density at radius 3 is 2.71 bits per heavy atom. The van der Waals surface area contributed by atoms with Crippen LogP contribution in [0.4, 0.5) is 0 Å². The molecule has 0 N–H and O–H groups in total. The quantitative estimate of drug-likeness (QED) is 0.754. The van der Waals surface area contributed by atoms with E-state index in [9.17, 15) is 4.79 Å². The fourth-order valence-electron chi connectivity index (χ4n) is 2.77. The van der Waals surface area contributed by atoms with Crippen LogP contribution in [0.2, 0.25) is 5.02 Å². The second-order valence-electron chi connectivity index (χ2n) is 5.27. The first-order valence-corrected chi connectivity index (χ1v) is 8.11. The summed E-state index contributed by atoms with van der Waals surface area (Å²) in [5.41, 5.74) is 1.87. The summed E-state index contributed by atoms with van der Waals surface area (Å²) in [4.78, 5) is 14.5. The topological polar surface area (TPSA) is 20.3 Å². The molecule has 3 rings (SSSR count).